The number of esters is 2. The van der Waals surface area contributed by atoms with Gasteiger partial charge in [-0.1, -0.05) is 165 Å². The van der Waals surface area contributed by atoms with E-state index in [2.05, 4.69) is 67.0 Å². The third-order valence-corrected chi connectivity index (χ3v) is 9.52. The molecular weight excluding hydrogens is 663 g/mol. The van der Waals surface area contributed by atoms with Gasteiger partial charge in [0.1, 0.15) is 6.61 Å². The molecule has 8 nitrogen and oxygen atoms in total. The summed E-state index contributed by atoms with van der Waals surface area (Å²) >= 11 is 0. The van der Waals surface area contributed by atoms with E-state index in [1.807, 2.05) is 0 Å². The normalized spacial score (nSPS) is 13.9. The maximum atomic E-state index is 12.5. The van der Waals surface area contributed by atoms with Crippen LogP contribution < -0.4 is 0 Å². The Morgan fingerprint density at radius 3 is 1.49 bits per heavy atom. The van der Waals surface area contributed by atoms with E-state index in [9.17, 15) is 19.0 Å². The standard InChI is InChI=1S/C42H75O8P/c1-4-6-8-10-12-14-16-17-18-19-20-21-22-23-24-25-27-29-31-33-35-37-42(44)50-40(39-49-51(45,46)47-3)38-48-41(43)36-34-32-30-28-26-15-13-11-9-7-5-2/h6,8,12,14,17-18,20-21,40H,4-5,7,9-11,13,15-16,19,22-39H2,1-3H3,(H,45,46)/b8-6-,14-12-,18-17-,21-20-. The summed E-state index contributed by atoms with van der Waals surface area (Å²) in [5, 5.41) is 0. The van der Waals surface area contributed by atoms with E-state index in [0.29, 0.717) is 12.8 Å². The van der Waals surface area contributed by atoms with Crippen LogP contribution in [-0.4, -0.2) is 43.3 Å². The van der Waals surface area contributed by atoms with E-state index in [-0.39, 0.29) is 19.0 Å². The summed E-state index contributed by atoms with van der Waals surface area (Å²) in [4.78, 5) is 34.4. The van der Waals surface area contributed by atoms with Crippen LogP contribution in [0.15, 0.2) is 48.6 Å². The van der Waals surface area contributed by atoms with Crippen LogP contribution in [0.5, 0.6) is 0 Å². The molecule has 0 fully saturated rings. The van der Waals surface area contributed by atoms with E-state index in [4.69, 9.17) is 14.0 Å². The molecule has 2 unspecified atom stereocenters. The second-order valence-electron chi connectivity index (χ2n) is 13.4. The molecule has 1 N–H and O–H groups in total. The van der Waals surface area contributed by atoms with Gasteiger partial charge in [0.15, 0.2) is 6.10 Å². The van der Waals surface area contributed by atoms with Gasteiger partial charge in [0.25, 0.3) is 0 Å². The van der Waals surface area contributed by atoms with Crippen molar-refractivity contribution in [2.75, 3.05) is 20.3 Å². The number of phosphoric acid groups is 1. The molecule has 296 valence electrons. The van der Waals surface area contributed by atoms with Gasteiger partial charge in [-0.15, -0.1) is 0 Å². The number of hydrogen-bond acceptors (Lipinski definition) is 7. The van der Waals surface area contributed by atoms with Crippen LogP contribution in [0.4, 0.5) is 0 Å². The smallest absolute Gasteiger partial charge is 0.462 e. The zero-order chi connectivity index (χ0) is 37.5. The first-order valence-electron chi connectivity index (χ1n) is 20.3. The molecule has 0 rings (SSSR count). The Labute approximate surface area is 312 Å². The van der Waals surface area contributed by atoms with Crippen LogP contribution in [0.2, 0.25) is 0 Å². The Balaban J connectivity index is 4.01. The number of carbonyl (C=O) groups excluding carboxylic acids is 2. The van der Waals surface area contributed by atoms with E-state index >= 15 is 0 Å². The van der Waals surface area contributed by atoms with Gasteiger partial charge in [-0.3, -0.25) is 18.6 Å². The molecule has 0 amide bonds. The lowest BCUT2D eigenvalue weighted by Gasteiger charge is -2.19. The number of rotatable bonds is 37. The molecule has 0 aliphatic heterocycles. The first-order chi connectivity index (χ1) is 24.8. The fourth-order valence-corrected chi connectivity index (χ4v) is 5.93. The van der Waals surface area contributed by atoms with Crippen molar-refractivity contribution in [3.8, 4) is 0 Å². The lowest BCUT2D eigenvalue weighted by molar-refractivity contribution is -0.161. The highest BCUT2D eigenvalue weighted by atomic mass is 31.2. The quantitative estimate of drug-likeness (QED) is 0.0290. The Bertz CT molecular complexity index is 974. The monoisotopic (exact) mass is 739 g/mol. The number of hydrogen-bond donors (Lipinski definition) is 1. The van der Waals surface area contributed by atoms with Crippen molar-refractivity contribution in [1.82, 2.24) is 0 Å². The number of phosphoric ester groups is 1. The molecule has 0 aromatic rings. The van der Waals surface area contributed by atoms with Crippen LogP contribution >= 0.6 is 7.82 Å². The number of allylic oxidation sites excluding steroid dienone is 8. The van der Waals surface area contributed by atoms with Crippen molar-refractivity contribution in [2.45, 2.75) is 187 Å². The van der Waals surface area contributed by atoms with E-state index in [0.717, 1.165) is 77.7 Å². The van der Waals surface area contributed by atoms with Crippen molar-refractivity contribution in [1.29, 1.82) is 0 Å². The molecule has 0 bridgehead atoms. The average Bonchev–Trinajstić information content (AvgIpc) is 3.12. The van der Waals surface area contributed by atoms with Crippen molar-refractivity contribution in [2.24, 2.45) is 0 Å². The highest BCUT2D eigenvalue weighted by Crippen LogP contribution is 2.42. The molecule has 0 aromatic heterocycles. The molecule has 0 saturated heterocycles. The molecule has 0 heterocycles. The maximum Gasteiger partial charge on any atom is 0.472 e. The molecule has 51 heavy (non-hydrogen) atoms. The molecule has 0 spiro atoms. The first-order valence-corrected chi connectivity index (χ1v) is 21.8. The molecule has 0 aromatic carbocycles. The summed E-state index contributed by atoms with van der Waals surface area (Å²) in [6.07, 6.45) is 44.5. The number of ether oxygens (including phenoxy) is 2. The SMILES string of the molecule is CC/C=C\C/C=C\C/C=C\C/C=C\CCCCCCCCCCC(=O)OC(COC(=O)CCCCCCCCCCCCC)COP(=O)(O)OC. The van der Waals surface area contributed by atoms with Crippen molar-refractivity contribution >= 4 is 19.8 Å². The fourth-order valence-electron chi connectivity index (χ4n) is 5.47. The second kappa shape index (κ2) is 37.8. The summed E-state index contributed by atoms with van der Waals surface area (Å²) in [6.45, 7) is 3.75. The summed E-state index contributed by atoms with van der Waals surface area (Å²) in [6, 6.07) is 0. The van der Waals surface area contributed by atoms with Gasteiger partial charge in [0.05, 0.1) is 6.61 Å². The Morgan fingerprint density at radius 2 is 1.00 bits per heavy atom. The second-order valence-corrected chi connectivity index (χ2v) is 15.0. The van der Waals surface area contributed by atoms with Crippen molar-refractivity contribution < 1.29 is 37.6 Å². The zero-order valence-corrected chi connectivity index (χ0v) is 33.6. The Morgan fingerprint density at radius 1 is 0.569 bits per heavy atom. The van der Waals surface area contributed by atoms with Gasteiger partial charge in [0, 0.05) is 20.0 Å². The summed E-state index contributed by atoms with van der Waals surface area (Å²) < 4.78 is 31.9. The van der Waals surface area contributed by atoms with Gasteiger partial charge in [-0.25, -0.2) is 4.57 Å². The molecule has 0 aliphatic rings. The lowest BCUT2D eigenvalue weighted by Crippen LogP contribution is -2.29. The predicted molar refractivity (Wildman–Crippen MR) is 212 cm³/mol. The van der Waals surface area contributed by atoms with Crippen LogP contribution in [0, 0.1) is 0 Å². The van der Waals surface area contributed by atoms with Gasteiger partial charge in [-0.05, 0) is 51.4 Å². The van der Waals surface area contributed by atoms with Crippen LogP contribution in [0.25, 0.3) is 0 Å². The van der Waals surface area contributed by atoms with E-state index in [1.165, 1.54) is 77.0 Å². The summed E-state index contributed by atoms with van der Waals surface area (Å²) in [5.74, 6) is -0.813. The first kappa shape index (κ1) is 49.0. The summed E-state index contributed by atoms with van der Waals surface area (Å²) in [5.41, 5.74) is 0. The molecule has 0 radical (unpaired) electrons. The van der Waals surface area contributed by atoms with Crippen LogP contribution in [-0.2, 0) is 32.7 Å². The predicted octanol–water partition coefficient (Wildman–Crippen LogP) is 12.6. The average molecular weight is 739 g/mol. The minimum Gasteiger partial charge on any atom is -0.462 e. The maximum absolute atomic E-state index is 12.5. The van der Waals surface area contributed by atoms with Gasteiger partial charge in [0.2, 0.25) is 0 Å². The van der Waals surface area contributed by atoms with E-state index in [1.54, 1.807) is 0 Å². The number of carbonyl (C=O) groups is 2. The van der Waals surface area contributed by atoms with Crippen LogP contribution in [0.3, 0.4) is 0 Å². The Kier molecular flexibility index (Phi) is 36.3. The molecular formula is C42H75O8P. The van der Waals surface area contributed by atoms with Crippen molar-refractivity contribution in [3.05, 3.63) is 48.6 Å². The largest absolute Gasteiger partial charge is 0.472 e. The fraction of sp³-hybridized carbons (Fsp3) is 0.762. The van der Waals surface area contributed by atoms with Gasteiger partial charge < -0.3 is 14.4 Å². The van der Waals surface area contributed by atoms with Crippen LogP contribution in [0.1, 0.15) is 181 Å². The highest BCUT2D eigenvalue weighted by molar-refractivity contribution is 7.47. The zero-order valence-electron chi connectivity index (χ0n) is 32.7. The highest BCUT2D eigenvalue weighted by Gasteiger charge is 2.24. The molecule has 9 heteroatoms. The van der Waals surface area contributed by atoms with E-state index < -0.39 is 26.5 Å². The lowest BCUT2D eigenvalue weighted by atomic mass is 10.1. The van der Waals surface area contributed by atoms with Gasteiger partial charge >= 0.3 is 19.8 Å². The number of unbranched alkanes of at least 4 members (excludes halogenated alkanes) is 18. The molecule has 0 aliphatic carbocycles. The minimum absolute atomic E-state index is 0.228. The third-order valence-electron chi connectivity index (χ3n) is 8.59. The third kappa shape index (κ3) is 37.6. The Hall–Kier alpha value is -1.99. The van der Waals surface area contributed by atoms with Crippen molar-refractivity contribution in [3.63, 3.8) is 0 Å². The molecule has 0 saturated carbocycles. The van der Waals surface area contributed by atoms with Gasteiger partial charge in [-0.2, -0.15) is 0 Å². The summed E-state index contributed by atoms with van der Waals surface area (Å²) in [7, 11) is -3.20. The topological polar surface area (TPSA) is 108 Å². The molecule has 2 atom stereocenters. The minimum atomic E-state index is -4.26.